The average molecular weight is 412 g/mol. The first-order valence-electron chi connectivity index (χ1n) is 10.2. The predicted octanol–water partition coefficient (Wildman–Crippen LogP) is 3.47. The van der Waals surface area contributed by atoms with E-state index >= 15 is 0 Å². The molecule has 2 aromatic rings. The maximum atomic E-state index is 12.8. The van der Waals surface area contributed by atoms with Gasteiger partial charge >= 0.3 is 0 Å². The molecular formula is C23H26ClN3O2. The minimum absolute atomic E-state index is 0.119. The van der Waals surface area contributed by atoms with Gasteiger partial charge in [0.2, 0.25) is 11.8 Å². The van der Waals surface area contributed by atoms with Crippen LogP contribution < -0.4 is 10.2 Å². The Morgan fingerprint density at radius 2 is 1.66 bits per heavy atom. The highest BCUT2D eigenvalue weighted by Crippen LogP contribution is 2.27. The van der Waals surface area contributed by atoms with Crippen LogP contribution in [0.1, 0.15) is 24.8 Å². The molecule has 0 saturated carbocycles. The SMILES string of the molecule is O=C(NC1CCN(Cc2ccccc2)CC1)[C@H]1CCN(c2ccc(Cl)cc2)C1=O. The number of rotatable bonds is 5. The number of hydrogen-bond donors (Lipinski definition) is 1. The van der Waals surface area contributed by atoms with Gasteiger partial charge < -0.3 is 10.2 Å². The lowest BCUT2D eigenvalue weighted by Gasteiger charge is -2.32. The van der Waals surface area contributed by atoms with Gasteiger partial charge in [-0.1, -0.05) is 41.9 Å². The summed E-state index contributed by atoms with van der Waals surface area (Å²) >= 11 is 5.93. The van der Waals surface area contributed by atoms with Gasteiger partial charge in [-0.2, -0.15) is 0 Å². The van der Waals surface area contributed by atoms with E-state index in [1.165, 1.54) is 5.56 Å². The molecule has 0 radical (unpaired) electrons. The summed E-state index contributed by atoms with van der Waals surface area (Å²) in [5, 5.41) is 3.76. The van der Waals surface area contributed by atoms with Gasteiger partial charge in [-0.15, -0.1) is 0 Å². The summed E-state index contributed by atoms with van der Waals surface area (Å²) in [6.07, 6.45) is 2.39. The lowest BCUT2D eigenvalue weighted by atomic mass is 10.0. The van der Waals surface area contributed by atoms with Crippen LogP contribution >= 0.6 is 11.6 Å². The molecule has 0 unspecified atom stereocenters. The number of carbonyl (C=O) groups is 2. The molecule has 0 bridgehead atoms. The number of amides is 2. The largest absolute Gasteiger partial charge is 0.353 e. The van der Waals surface area contributed by atoms with E-state index in [-0.39, 0.29) is 17.9 Å². The number of hydrogen-bond acceptors (Lipinski definition) is 3. The van der Waals surface area contributed by atoms with Gasteiger partial charge in [-0.05, 0) is 49.1 Å². The highest BCUT2D eigenvalue weighted by Gasteiger charge is 2.38. The Labute approximate surface area is 176 Å². The Bertz CT molecular complexity index is 848. The van der Waals surface area contributed by atoms with Crippen molar-refractivity contribution in [1.82, 2.24) is 10.2 Å². The molecule has 6 heteroatoms. The molecule has 2 aliphatic heterocycles. The molecule has 0 spiro atoms. The Kier molecular flexibility index (Phi) is 6.16. The van der Waals surface area contributed by atoms with Crippen LogP contribution in [-0.4, -0.2) is 42.4 Å². The maximum Gasteiger partial charge on any atom is 0.239 e. The van der Waals surface area contributed by atoms with Crippen LogP contribution in [0.4, 0.5) is 5.69 Å². The van der Waals surface area contributed by atoms with Crippen molar-refractivity contribution in [2.24, 2.45) is 5.92 Å². The summed E-state index contributed by atoms with van der Waals surface area (Å²) in [5.74, 6) is -0.840. The Hall–Kier alpha value is -2.37. The monoisotopic (exact) mass is 411 g/mol. The molecule has 1 N–H and O–H groups in total. The van der Waals surface area contributed by atoms with Crippen LogP contribution in [0.5, 0.6) is 0 Å². The zero-order valence-corrected chi connectivity index (χ0v) is 17.1. The number of halogens is 1. The van der Waals surface area contributed by atoms with Crippen LogP contribution in [0.15, 0.2) is 54.6 Å². The second kappa shape index (κ2) is 8.97. The van der Waals surface area contributed by atoms with E-state index in [1.807, 2.05) is 18.2 Å². The van der Waals surface area contributed by atoms with Gasteiger partial charge in [0.25, 0.3) is 0 Å². The van der Waals surface area contributed by atoms with Crippen LogP contribution in [0.25, 0.3) is 0 Å². The third kappa shape index (κ3) is 4.80. The number of nitrogens with one attached hydrogen (secondary N) is 1. The van der Waals surface area contributed by atoms with E-state index in [9.17, 15) is 9.59 Å². The number of carbonyl (C=O) groups excluding carboxylic acids is 2. The van der Waals surface area contributed by atoms with E-state index in [1.54, 1.807) is 17.0 Å². The number of likely N-dealkylation sites (tertiary alicyclic amines) is 1. The van der Waals surface area contributed by atoms with Crippen molar-refractivity contribution in [2.45, 2.75) is 31.8 Å². The third-order valence-electron chi connectivity index (χ3n) is 5.84. The standard InChI is InChI=1S/C23H26ClN3O2/c24-18-6-8-20(9-7-18)27-15-12-21(23(27)29)22(28)25-19-10-13-26(14-11-19)16-17-4-2-1-3-5-17/h1-9,19,21H,10-16H2,(H,25,28)/t21-/m1/s1. The molecule has 1 atom stereocenters. The van der Waals surface area contributed by atoms with Crippen molar-refractivity contribution in [3.05, 3.63) is 65.2 Å². The predicted molar refractivity (Wildman–Crippen MR) is 115 cm³/mol. The van der Waals surface area contributed by atoms with E-state index in [2.05, 4.69) is 34.5 Å². The summed E-state index contributed by atoms with van der Waals surface area (Å²) in [6.45, 7) is 3.41. The topological polar surface area (TPSA) is 52.7 Å². The summed E-state index contributed by atoms with van der Waals surface area (Å²) in [6, 6.07) is 17.8. The first-order valence-corrected chi connectivity index (χ1v) is 10.6. The first-order chi connectivity index (χ1) is 14.1. The maximum absolute atomic E-state index is 12.8. The highest BCUT2D eigenvalue weighted by atomic mass is 35.5. The summed E-state index contributed by atoms with van der Waals surface area (Å²) in [5.41, 5.74) is 2.11. The smallest absolute Gasteiger partial charge is 0.239 e. The van der Waals surface area contributed by atoms with Gasteiger partial charge in [-0.25, -0.2) is 0 Å². The van der Waals surface area contributed by atoms with Crippen molar-refractivity contribution in [3.8, 4) is 0 Å². The molecule has 2 aliphatic rings. The zero-order valence-electron chi connectivity index (χ0n) is 16.4. The molecular weight excluding hydrogens is 386 g/mol. The van der Waals surface area contributed by atoms with Crippen LogP contribution in [-0.2, 0) is 16.1 Å². The third-order valence-corrected chi connectivity index (χ3v) is 6.10. The Morgan fingerprint density at radius 3 is 2.34 bits per heavy atom. The Balaban J connectivity index is 1.27. The first kappa shape index (κ1) is 19.9. The summed E-state index contributed by atoms with van der Waals surface area (Å²) in [4.78, 5) is 29.6. The number of anilines is 1. The molecule has 2 fully saturated rings. The average Bonchev–Trinajstić information content (AvgIpc) is 3.12. The number of piperidine rings is 1. The van der Waals surface area contributed by atoms with Crippen molar-refractivity contribution in [1.29, 1.82) is 0 Å². The highest BCUT2D eigenvalue weighted by molar-refractivity contribution is 6.30. The van der Waals surface area contributed by atoms with E-state index < -0.39 is 5.92 Å². The van der Waals surface area contributed by atoms with Gasteiger partial charge in [0.1, 0.15) is 5.92 Å². The quantitative estimate of drug-likeness (QED) is 0.766. The minimum Gasteiger partial charge on any atom is -0.353 e. The second-order valence-corrected chi connectivity index (χ2v) is 8.29. The Morgan fingerprint density at radius 1 is 0.966 bits per heavy atom. The molecule has 2 aromatic carbocycles. The minimum atomic E-state index is -0.590. The molecule has 0 aromatic heterocycles. The number of nitrogens with zero attached hydrogens (tertiary/aromatic N) is 2. The lowest BCUT2D eigenvalue weighted by Crippen LogP contribution is -2.47. The van der Waals surface area contributed by atoms with E-state index in [0.717, 1.165) is 38.2 Å². The fourth-order valence-corrected chi connectivity index (χ4v) is 4.31. The molecule has 152 valence electrons. The molecule has 2 heterocycles. The van der Waals surface area contributed by atoms with Gasteiger partial charge in [0, 0.05) is 42.9 Å². The molecule has 4 rings (SSSR count). The van der Waals surface area contributed by atoms with Crippen LogP contribution in [0.2, 0.25) is 5.02 Å². The van der Waals surface area contributed by atoms with E-state index in [0.29, 0.717) is 18.0 Å². The normalized spacial score (nSPS) is 20.8. The fourth-order valence-electron chi connectivity index (χ4n) is 4.18. The van der Waals surface area contributed by atoms with Gasteiger partial charge in [0.15, 0.2) is 0 Å². The van der Waals surface area contributed by atoms with Crippen LogP contribution in [0, 0.1) is 5.92 Å². The molecule has 2 amide bonds. The van der Waals surface area contributed by atoms with E-state index in [4.69, 9.17) is 11.6 Å². The fraction of sp³-hybridized carbons (Fsp3) is 0.391. The zero-order chi connectivity index (χ0) is 20.2. The summed E-state index contributed by atoms with van der Waals surface area (Å²) in [7, 11) is 0. The van der Waals surface area contributed by atoms with Crippen molar-refractivity contribution >= 4 is 29.1 Å². The second-order valence-electron chi connectivity index (χ2n) is 7.85. The number of benzene rings is 2. The molecule has 2 saturated heterocycles. The van der Waals surface area contributed by atoms with Gasteiger partial charge in [-0.3, -0.25) is 14.5 Å². The lowest BCUT2D eigenvalue weighted by molar-refractivity contribution is -0.132. The molecule has 5 nitrogen and oxygen atoms in total. The molecule has 29 heavy (non-hydrogen) atoms. The van der Waals surface area contributed by atoms with Crippen LogP contribution in [0.3, 0.4) is 0 Å². The van der Waals surface area contributed by atoms with Gasteiger partial charge in [0.05, 0.1) is 0 Å². The van der Waals surface area contributed by atoms with Crippen molar-refractivity contribution in [3.63, 3.8) is 0 Å². The molecule has 0 aliphatic carbocycles. The van der Waals surface area contributed by atoms with Crippen molar-refractivity contribution < 1.29 is 9.59 Å². The summed E-state index contributed by atoms with van der Waals surface area (Å²) < 4.78 is 0. The van der Waals surface area contributed by atoms with Crippen molar-refractivity contribution in [2.75, 3.05) is 24.5 Å².